The number of furan rings is 1. The van der Waals surface area contributed by atoms with Crippen LogP contribution in [0.25, 0.3) is 0 Å². The molecule has 3 heteroatoms. The summed E-state index contributed by atoms with van der Waals surface area (Å²) in [6, 6.07) is 13.3. The van der Waals surface area contributed by atoms with E-state index in [9.17, 15) is 0 Å². The van der Waals surface area contributed by atoms with Crippen LogP contribution in [0, 0.1) is 0 Å². The van der Waals surface area contributed by atoms with Crippen LogP contribution in [0.5, 0.6) is 0 Å². The first kappa shape index (κ1) is 14.4. The minimum absolute atomic E-state index is 0.414. The van der Waals surface area contributed by atoms with Crippen LogP contribution in [0.15, 0.2) is 51.6 Å². The van der Waals surface area contributed by atoms with Gasteiger partial charge in [0.15, 0.2) is 0 Å². The Labute approximate surface area is 123 Å². The second-order valence-corrected chi connectivity index (χ2v) is 6.00. The molecule has 19 heavy (non-hydrogen) atoms. The quantitative estimate of drug-likeness (QED) is 0.862. The largest absolute Gasteiger partial charge is 0.469 e. The van der Waals surface area contributed by atoms with Crippen LogP contribution in [-0.4, -0.2) is 12.1 Å². The number of hydrogen-bond donors (Lipinski definition) is 1. The molecular formula is C16H20BrNO. The topological polar surface area (TPSA) is 25.2 Å². The van der Waals surface area contributed by atoms with Gasteiger partial charge in [0.1, 0.15) is 5.76 Å². The van der Waals surface area contributed by atoms with Gasteiger partial charge in [0, 0.05) is 23.0 Å². The van der Waals surface area contributed by atoms with Crippen molar-refractivity contribution < 1.29 is 4.42 Å². The van der Waals surface area contributed by atoms with Crippen molar-refractivity contribution in [3.05, 3.63) is 58.5 Å². The summed E-state index contributed by atoms with van der Waals surface area (Å²) in [6.45, 7) is 4.42. The predicted molar refractivity (Wildman–Crippen MR) is 82.3 cm³/mol. The predicted octanol–water partition coefficient (Wildman–Crippen LogP) is 4.19. The van der Waals surface area contributed by atoms with Gasteiger partial charge in [0.2, 0.25) is 0 Å². The molecule has 0 aliphatic carbocycles. The summed E-state index contributed by atoms with van der Waals surface area (Å²) in [7, 11) is 0. The van der Waals surface area contributed by atoms with Crippen molar-refractivity contribution in [2.45, 2.75) is 38.8 Å². The van der Waals surface area contributed by atoms with Crippen LogP contribution in [-0.2, 0) is 12.8 Å². The van der Waals surface area contributed by atoms with Gasteiger partial charge in [-0.05, 0) is 50.1 Å². The molecule has 0 aliphatic rings. The van der Waals surface area contributed by atoms with Gasteiger partial charge in [0.25, 0.3) is 0 Å². The van der Waals surface area contributed by atoms with Crippen molar-refractivity contribution in [2.75, 3.05) is 0 Å². The fourth-order valence-corrected chi connectivity index (χ4v) is 2.57. The smallest absolute Gasteiger partial charge is 0.105 e. The highest BCUT2D eigenvalue weighted by Gasteiger charge is 2.10. The lowest BCUT2D eigenvalue weighted by molar-refractivity contribution is 0.422. The lowest BCUT2D eigenvalue weighted by Gasteiger charge is -2.19. The summed E-state index contributed by atoms with van der Waals surface area (Å²) in [5, 5.41) is 3.61. The maximum absolute atomic E-state index is 5.37. The summed E-state index contributed by atoms with van der Waals surface area (Å²) >= 11 is 3.46. The number of benzene rings is 1. The number of hydrogen-bond acceptors (Lipinski definition) is 2. The van der Waals surface area contributed by atoms with E-state index in [1.165, 1.54) is 5.56 Å². The van der Waals surface area contributed by atoms with E-state index < -0.39 is 0 Å². The lowest BCUT2D eigenvalue weighted by atomic mass is 10.1. The molecule has 0 amide bonds. The van der Waals surface area contributed by atoms with Crippen LogP contribution < -0.4 is 5.32 Å². The zero-order valence-corrected chi connectivity index (χ0v) is 13.0. The molecule has 1 aromatic carbocycles. The molecule has 0 bridgehead atoms. The molecule has 2 nitrogen and oxygen atoms in total. The van der Waals surface area contributed by atoms with E-state index in [1.807, 2.05) is 12.1 Å². The monoisotopic (exact) mass is 321 g/mol. The Hall–Kier alpha value is -1.06. The van der Waals surface area contributed by atoms with Gasteiger partial charge in [-0.2, -0.15) is 0 Å². The highest BCUT2D eigenvalue weighted by atomic mass is 79.9. The normalized spacial score (nSPS) is 14.3. The van der Waals surface area contributed by atoms with Crippen LogP contribution in [0.3, 0.4) is 0 Å². The third kappa shape index (κ3) is 4.84. The van der Waals surface area contributed by atoms with Gasteiger partial charge in [-0.15, -0.1) is 0 Å². The molecule has 0 fully saturated rings. The maximum atomic E-state index is 5.37. The van der Waals surface area contributed by atoms with E-state index in [4.69, 9.17) is 4.42 Å². The Morgan fingerprint density at radius 3 is 2.37 bits per heavy atom. The first-order chi connectivity index (χ1) is 9.13. The Morgan fingerprint density at radius 2 is 1.74 bits per heavy atom. The number of halogens is 1. The van der Waals surface area contributed by atoms with Crippen molar-refractivity contribution in [2.24, 2.45) is 0 Å². The molecule has 2 rings (SSSR count). The van der Waals surface area contributed by atoms with E-state index in [0.717, 1.165) is 23.1 Å². The van der Waals surface area contributed by atoms with Gasteiger partial charge < -0.3 is 9.73 Å². The summed E-state index contributed by atoms with van der Waals surface area (Å²) < 4.78 is 6.50. The number of nitrogens with one attached hydrogen (secondary N) is 1. The molecule has 0 radical (unpaired) electrons. The van der Waals surface area contributed by atoms with Crippen molar-refractivity contribution in [3.8, 4) is 0 Å². The van der Waals surface area contributed by atoms with E-state index >= 15 is 0 Å². The van der Waals surface area contributed by atoms with E-state index in [0.29, 0.717) is 12.1 Å². The first-order valence-electron chi connectivity index (χ1n) is 6.66. The van der Waals surface area contributed by atoms with Crippen molar-refractivity contribution in [3.63, 3.8) is 0 Å². The molecule has 0 saturated carbocycles. The average Bonchev–Trinajstić information content (AvgIpc) is 2.84. The van der Waals surface area contributed by atoms with Gasteiger partial charge in [-0.3, -0.25) is 0 Å². The highest BCUT2D eigenvalue weighted by molar-refractivity contribution is 9.10. The van der Waals surface area contributed by atoms with E-state index in [-0.39, 0.29) is 0 Å². The van der Waals surface area contributed by atoms with Gasteiger partial charge in [0.05, 0.1) is 6.26 Å². The second-order valence-electron chi connectivity index (χ2n) is 5.08. The molecule has 2 atom stereocenters. The van der Waals surface area contributed by atoms with Crippen molar-refractivity contribution in [1.29, 1.82) is 0 Å². The molecule has 1 N–H and O–H groups in total. The van der Waals surface area contributed by atoms with Gasteiger partial charge in [-0.25, -0.2) is 0 Å². The molecule has 0 aliphatic heterocycles. The van der Waals surface area contributed by atoms with E-state index in [2.05, 4.69) is 59.4 Å². The van der Waals surface area contributed by atoms with Gasteiger partial charge in [-0.1, -0.05) is 28.1 Å². The fraction of sp³-hybridized carbons (Fsp3) is 0.375. The zero-order valence-electron chi connectivity index (χ0n) is 11.4. The van der Waals surface area contributed by atoms with Crippen molar-refractivity contribution in [1.82, 2.24) is 5.32 Å². The maximum Gasteiger partial charge on any atom is 0.105 e. The summed E-state index contributed by atoms with van der Waals surface area (Å²) in [6.07, 6.45) is 3.70. The Morgan fingerprint density at radius 1 is 1.05 bits per heavy atom. The summed E-state index contributed by atoms with van der Waals surface area (Å²) in [5.41, 5.74) is 1.35. The standard InChI is InChI=1S/C16H20BrNO/c1-12(10-14-5-7-15(17)8-6-14)18-13(2)11-16-4-3-9-19-16/h3-9,12-13,18H,10-11H2,1-2H3. The molecule has 102 valence electrons. The average molecular weight is 322 g/mol. The lowest BCUT2D eigenvalue weighted by Crippen LogP contribution is -2.37. The van der Waals surface area contributed by atoms with Gasteiger partial charge >= 0.3 is 0 Å². The highest BCUT2D eigenvalue weighted by Crippen LogP contribution is 2.12. The minimum Gasteiger partial charge on any atom is -0.469 e. The van der Waals surface area contributed by atoms with Crippen LogP contribution in [0.1, 0.15) is 25.2 Å². The molecule has 0 spiro atoms. The van der Waals surface area contributed by atoms with Crippen LogP contribution >= 0.6 is 15.9 Å². The molecular weight excluding hydrogens is 302 g/mol. The molecule has 1 heterocycles. The fourth-order valence-electron chi connectivity index (χ4n) is 2.31. The minimum atomic E-state index is 0.414. The van der Waals surface area contributed by atoms with Crippen LogP contribution in [0.4, 0.5) is 0 Å². The van der Waals surface area contributed by atoms with Crippen LogP contribution in [0.2, 0.25) is 0 Å². The molecule has 1 aromatic heterocycles. The summed E-state index contributed by atoms with van der Waals surface area (Å²) in [5.74, 6) is 1.04. The third-order valence-corrected chi connectivity index (χ3v) is 3.64. The molecule has 2 unspecified atom stereocenters. The third-order valence-electron chi connectivity index (χ3n) is 3.11. The number of rotatable bonds is 6. The Kier molecular flexibility index (Phi) is 5.23. The SMILES string of the molecule is CC(Cc1ccc(Br)cc1)NC(C)Cc1ccco1. The zero-order chi connectivity index (χ0) is 13.7. The van der Waals surface area contributed by atoms with Crippen molar-refractivity contribution >= 4 is 15.9 Å². The van der Waals surface area contributed by atoms with E-state index in [1.54, 1.807) is 6.26 Å². The summed E-state index contributed by atoms with van der Waals surface area (Å²) in [4.78, 5) is 0. The molecule has 0 saturated heterocycles. The Balaban J connectivity index is 1.80. The Bertz CT molecular complexity index is 478. The second kappa shape index (κ2) is 6.92. The molecule has 2 aromatic rings. The first-order valence-corrected chi connectivity index (χ1v) is 7.45.